The number of hydrogen-bond acceptors (Lipinski definition) is 5. The Bertz CT molecular complexity index is 1070. The number of fused-ring (bicyclic) bond motifs is 1. The van der Waals surface area contributed by atoms with Crippen molar-refractivity contribution in [3.05, 3.63) is 76.8 Å². The van der Waals surface area contributed by atoms with Gasteiger partial charge >= 0.3 is 0 Å². The third-order valence-corrected chi connectivity index (χ3v) is 5.57. The molecular formula is C22H25ClN4O3. The number of benzene rings is 2. The standard InChI is InChI=1S/C22H24N4O3.ClH/c27-19-14-23-12-11-22(19,16-6-2-1-3-7-16)25-20(28)10-13-26-15-24-18-9-5-4-8-17(18)21(26)29;/h1-9,15,19,23,27H,10-14H2,(H,25,28);1H/t19-,22+;/m1./s1. The molecule has 1 fully saturated rings. The maximum atomic E-state index is 12.8. The number of carbonyl (C=O) groups excluding carboxylic acids is 1. The number of nitrogens with zero attached hydrogens (tertiary/aromatic N) is 2. The highest BCUT2D eigenvalue weighted by Gasteiger charge is 2.42. The van der Waals surface area contributed by atoms with Crippen molar-refractivity contribution in [3.8, 4) is 0 Å². The number of amides is 1. The Kier molecular flexibility index (Phi) is 6.87. The first-order valence-corrected chi connectivity index (χ1v) is 9.80. The summed E-state index contributed by atoms with van der Waals surface area (Å²) in [5.74, 6) is -0.213. The van der Waals surface area contributed by atoms with Crippen molar-refractivity contribution in [3.63, 3.8) is 0 Å². The van der Waals surface area contributed by atoms with Gasteiger partial charge in [0.25, 0.3) is 5.56 Å². The Morgan fingerprint density at radius 1 is 1.20 bits per heavy atom. The van der Waals surface area contributed by atoms with E-state index in [2.05, 4.69) is 15.6 Å². The zero-order valence-electron chi connectivity index (χ0n) is 16.5. The van der Waals surface area contributed by atoms with Gasteiger partial charge in [0.15, 0.2) is 0 Å². The highest BCUT2D eigenvalue weighted by Crippen LogP contribution is 2.31. The summed E-state index contributed by atoms with van der Waals surface area (Å²) in [5.41, 5.74) is 0.518. The smallest absolute Gasteiger partial charge is 0.261 e. The second-order valence-corrected chi connectivity index (χ2v) is 7.37. The largest absolute Gasteiger partial charge is 0.389 e. The first-order chi connectivity index (χ1) is 14.1. The molecule has 0 spiro atoms. The lowest BCUT2D eigenvalue weighted by Crippen LogP contribution is -2.61. The summed E-state index contributed by atoms with van der Waals surface area (Å²) in [7, 11) is 0. The Labute approximate surface area is 180 Å². The second-order valence-electron chi connectivity index (χ2n) is 7.37. The molecule has 2 heterocycles. The molecule has 0 bridgehead atoms. The van der Waals surface area contributed by atoms with E-state index in [1.54, 1.807) is 18.2 Å². The van der Waals surface area contributed by atoms with Gasteiger partial charge in [-0.3, -0.25) is 14.2 Å². The summed E-state index contributed by atoms with van der Waals surface area (Å²) in [4.78, 5) is 29.7. The van der Waals surface area contributed by atoms with Gasteiger partial charge in [-0.25, -0.2) is 4.98 Å². The molecule has 1 saturated heterocycles. The number of hydrogen-bond donors (Lipinski definition) is 3. The average molecular weight is 429 g/mol. The maximum Gasteiger partial charge on any atom is 0.261 e. The van der Waals surface area contributed by atoms with E-state index >= 15 is 0 Å². The van der Waals surface area contributed by atoms with E-state index < -0.39 is 11.6 Å². The predicted molar refractivity (Wildman–Crippen MR) is 118 cm³/mol. The zero-order chi connectivity index (χ0) is 20.3. The minimum Gasteiger partial charge on any atom is -0.389 e. The fourth-order valence-electron chi connectivity index (χ4n) is 3.95. The topological polar surface area (TPSA) is 96.2 Å². The van der Waals surface area contributed by atoms with Crippen LogP contribution in [0.4, 0.5) is 0 Å². The van der Waals surface area contributed by atoms with Gasteiger partial charge in [-0.2, -0.15) is 0 Å². The predicted octanol–water partition coefficient (Wildman–Crippen LogP) is 1.57. The van der Waals surface area contributed by atoms with Crippen molar-refractivity contribution < 1.29 is 9.90 Å². The van der Waals surface area contributed by atoms with Crippen LogP contribution < -0.4 is 16.2 Å². The number of nitrogens with one attached hydrogen (secondary N) is 2. The van der Waals surface area contributed by atoms with Crippen molar-refractivity contribution in [2.75, 3.05) is 13.1 Å². The normalized spacial score (nSPS) is 21.0. The summed E-state index contributed by atoms with van der Waals surface area (Å²) in [6, 6.07) is 16.7. The van der Waals surface area contributed by atoms with E-state index in [4.69, 9.17) is 0 Å². The third kappa shape index (κ3) is 4.23. The van der Waals surface area contributed by atoms with E-state index in [0.29, 0.717) is 30.4 Å². The lowest BCUT2D eigenvalue weighted by molar-refractivity contribution is -0.126. The molecule has 0 radical (unpaired) electrons. The fraction of sp³-hybridized carbons (Fsp3) is 0.318. The Hall–Kier alpha value is -2.74. The molecule has 1 aliphatic heterocycles. The molecule has 4 rings (SSSR count). The monoisotopic (exact) mass is 428 g/mol. The lowest BCUT2D eigenvalue weighted by Gasteiger charge is -2.43. The zero-order valence-corrected chi connectivity index (χ0v) is 17.3. The minimum absolute atomic E-state index is 0. The van der Waals surface area contributed by atoms with E-state index in [1.165, 1.54) is 10.9 Å². The van der Waals surface area contributed by atoms with Crippen LogP contribution in [0, 0.1) is 0 Å². The van der Waals surface area contributed by atoms with Gasteiger partial charge in [0.05, 0.1) is 28.9 Å². The van der Waals surface area contributed by atoms with Crippen LogP contribution in [0.3, 0.4) is 0 Å². The quantitative estimate of drug-likeness (QED) is 0.573. The molecule has 7 nitrogen and oxygen atoms in total. The van der Waals surface area contributed by atoms with Crippen LogP contribution in [0.25, 0.3) is 10.9 Å². The molecule has 0 aliphatic carbocycles. The summed E-state index contributed by atoms with van der Waals surface area (Å²) in [6.07, 6.45) is 1.44. The molecule has 1 aromatic heterocycles. The van der Waals surface area contributed by atoms with E-state index in [0.717, 1.165) is 5.56 Å². The van der Waals surface area contributed by atoms with Crippen molar-refractivity contribution >= 4 is 29.2 Å². The molecule has 0 saturated carbocycles. The number of rotatable bonds is 5. The Morgan fingerprint density at radius 2 is 1.93 bits per heavy atom. The molecule has 0 unspecified atom stereocenters. The Balaban J connectivity index is 0.00000256. The van der Waals surface area contributed by atoms with Gasteiger partial charge in [-0.1, -0.05) is 42.5 Å². The van der Waals surface area contributed by atoms with E-state index in [9.17, 15) is 14.7 Å². The van der Waals surface area contributed by atoms with Crippen LogP contribution in [0.2, 0.25) is 0 Å². The maximum absolute atomic E-state index is 12.8. The van der Waals surface area contributed by atoms with Gasteiger partial charge in [0.2, 0.25) is 5.91 Å². The molecule has 2 aromatic carbocycles. The van der Waals surface area contributed by atoms with E-state index in [1.807, 2.05) is 36.4 Å². The molecule has 1 aliphatic rings. The highest BCUT2D eigenvalue weighted by atomic mass is 35.5. The van der Waals surface area contributed by atoms with Crippen LogP contribution in [0.1, 0.15) is 18.4 Å². The highest BCUT2D eigenvalue weighted by molar-refractivity contribution is 5.85. The molecular weight excluding hydrogens is 404 g/mol. The van der Waals surface area contributed by atoms with Crippen molar-refractivity contribution in [1.29, 1.82) is 0 Å². The molecule has 3 N–H and O–H groups in total. The number of aliphatic hydroxyl groups excluding tert-OH is 1. The summed E-state index contributed by atoms with van der Waals surface area (Å²) < 4.78 is 1.45. The number of aromatic nitrogens is 2. The number of β-amino-alcohol motifs (C(OH)–C–C–N with tert-alkyl or cyclic N) is 1. The van der Waals surface area contributed by atoms with Crippen molar-refractivity contribution in [2.45, 2.75) is 31.0 Å². The molecule has 30 heavy (non-hydrogen) atoms. The van der Waals surface area contributed by atoms with E-state index in [-0.39, 0.29) is 36.8 Å². The first-order valence-electron chi connectivity index (χ1n) is 9.80. The number of aryl methyl sites for hydroxylation is 1. The second kappa shape index (κ2) is 9.38. The Morgan fingerprint density at radius 3 is 2.70 bits per heavy atom. The number of piperidine rings is 1. The summed E-state index contributed by atoms with van der Waals surface area (Å²) >= 11 is 0. The average Bonchev–Trinajstić information content (AvgIpc) is 2.76. The third-order valence-electron chi connectivity index (χ3n) is 5.57. The van der Waals surface area contributed by atoms with Crippen LogP contribution in [-0.2, 0) is 16.9 Å². The molecule has 158 valence electrons. The van der Waals surface area contributed by atoms with Gasteiger partial charge in [0, 0.05) is 19.5 Å². The van der Waals surface area contributed by atoms with Crippen molar-refractivity contribution in [2.24, 2.45) is 0 Å². The molecule has 8 heteroatoms. The molecule has 2 atom stereocenters. The van der Waals surface area contributed by atoms with Gasteiger partial charge < -0.3 is 15.7 Å². The number of para-hydroxylation sites is 1. The van der Waals surface area contributed by atoms with Gasteiger partial charge in [-0.05, 0) is 30.7 Å². The SMILES string of the molecule is Cl.O=C(CCn1cnc2ccccc2c1=O)N[C@]1(c2ccccc2)CCNC[C@H]1O. The lowest BCUT2D eigenvalue weighted by atomic mass is 9.79. The minimum atomic E-state index is -0.837. The number of carbonyl (C=O) groups is 1. The number of aliphatic hydroxyl groups is 1. The molecule has 3 aromatic rings. The van der Waals surface area contributed by atoms with Crippen molar-refractivity contribution in [1.82, 2.24) is 20.2 Å². The van der Waals surface area contributed by atoms with Gasteiger partial charge in [-0.15, -0.1) is 12.4 Å². The number of halogens is 1. The summed E-state index contributed by atoms with van der Waals surface area (Å²) in [5, 5.41) is 17.5. The van der Waals surface area contributed by atoms with Crippen LogP contribution in [0.15, 0.2) is 65.7 Å². The first kappa shape index (κ1) is 22.0. The van der Waals surface area contributed by atoms with Gasteiger partial charge in [0.1, 0.15) is 0 Å². The van der Waals surface area contributed by atoms with Crippen LogP contribution >= 0.6 is 12.4 Å². The van der Waals surface area contributed by atoms with Crippen LogP contribution in [0.5, 0.6) is 0 Å². The fourth-order valence-corrected chi connectivity index (χ4v) is 3.95. The summed E-state index contributed by atoms with van der Waals surface area (Å²) in [6.45, 7) is 1.32. The van der Waals surface area contributed by atoms with Crippen LogP contribution in [-0.4, -0.2) is 39.8 Å². The molecule has 1 amide bonds.